The number of carbonyl (C=O) groups is 3. The van der Waals surface area contributed by atoms with E-state index in [4.69, 9.17) is 15.2 Å². The van der Waals surface area contributed by atoms with Gasteiger partial charge in [0, 0.05) is 42.2 Å². The summed E-state index contributed by atoms with van der Waals surface area (Å²) in [6.07, 6.45) is 0.716. The molecule has 37 heavy (non-hydrogen) atoms. The van der Waals surface area contributed by atoms with Gasteiger partial charge in [-0.2, -0.15) is 0 Å². The summed E-state index contributed by atoms with van der Waals surface area (Å²) in [6.45, 7) is 6.95. The highest BCUT2D eigenvalue weighted by atomic mass is 16.5. The van der Waals surface area contributed by atoms with E-state index in [-0.39, 0.29) is 18.0 Å². The maximum atomic E-state index is 13.5. The Hall–Kier alpha value is -3.69. The lowest BCUT2D eigenvalue weighted by Crippen LogP contribution is -2.53. The quantitative estimate of drug-likeness (QED) is 0.428. The number of amides is 3. The molecule has 3 aromatic rings. The van der Waals surface area contributed by atoms with Crippen molar-refractivity contribution in [3.8, 4) is 11.5 Å². The Balaban J connectivity index is 1.50. The van der Waals surface area contributed by atoms with Crippen molar-refractivity contribution in [1.29, 1.82) is 0 Å². The monoisotopic (exact) mass is 506 g/mol. The number of ether oxygens (including phenoxy) is 2. The van der Waals surface area contributed by atoms with E-state index in [1.165, 1.54) is 12.1 Å². The van der Waals surface area contributed by atoms with Gasteiger partial charge in [0.1, 0.15) is 0 Å². The lowest BCUT2D eigenvalue weighted by molar-refractivity contribution is -0.144. The first-order chi connectivity index (χ1) is 17.8. The predicted molar refractivity (Wildman–Crippen MR) is 140 cm³/mol. The minimum Gasteiger partial charge on any atom is -0.490 e. The van der Waals surface area contributed by atoms with Crippen molar-refractivity contribution in [3.05, 3.63) is 59.8 Å². The van der Waals surface area contributed by atoms with Gasteiger partial charge in [0.25, 0.3) is 11.8 Å². The van der Waals surface area contributed by atoms with E-state index in [9.17, 15) is 14.4 Å². The number of aromatic amines is 1. The van der Waals surface area contributed by atoms with Crippen molar-refractivity contribution >= 4 is 28.6 Å². The van der Waals surface area contributed by atoms with Crippen LogP contribution in [0, 0.1) is 11.8 Å². The van der Waals surface area contributed by atoms with Crippen molar-refractivity contribution in [2.75, 3.05) is 19.8 Å². The predicted octanol–water partition coefficient (Wildman–Crippen LogP) is 3.23. The first-order valence-electron chi connectivity index (χ1n) is 12.6. The molecule has 2 heterocycles. The second kappa shape index (κ2) is 11.6. The van der Waals surface area contributed by atoms with Gasteiger partial charge in [-0.1, -0.05) is 39.0 Å². The van der Waals surface area contributed by atoms with Crippen LogP contribution in [0.25, 0.3) is 10.9 Å². The Morgan fingerprint density at radius 2 is 1.73 bits per heavy atom. The summed E-state index contributed by atoms with van der Waals surface area (Å²) in [4.78, 5) is 44.3. The molecule has 0 spiro atoms. The summed E-state index contributed by atoms with van der Waals surface area (Å²) >= 11 is 0. The van der Waals surface area contributed by atoms with Gasteiger partial charge >= 0.3 is 0 Å². The molecule has 1 aliphatic rings. The molecule has 9 heteroatoms. The summed E-state index contributed by atoms with van der Waals surface area (Å²) < 4.78 is 11.3. The third-order valence-corrected chi connectivity index (χ3v) is 6.42. The van der Waals surface area contributed by atoms with Gasteiger partial charge in [0.2, 0.25) is 5.91 Å². The number of nitrogens with two attached hydrogens (primary N) is 1. The van der Waals surface area contributed by atoms with Gasteiger partial charge in [-0.05, 0) is 41.6 Å². The van der Waals surface area contributed by atoms with Crippen LogP contribution >= 0.6 is 0 Å². The Kier molecular flexibility index (Phi) is 8.25. The number of hydrogen-bond acceptors (Lipinski definition) is 7. The fraction of sp³-hybridized carbons (Fsp3) is 0.393. The van der Waals surface area contributed by atoms with Gasteiger partial charge in [0.05, 0.1) is 19.3 Å². The molecule has 1 aliphatic heterocycles. The number of imide groups is 3. The summed E-state index contributed by atoms with van der Waals surface area (Å²) in [5.74, 6) is -2.05. The number of H-pyrrole nitrogens is 1. The van der Waals surface area contributed by atoms with E-state index in [0.29, 0.717) is 42.6 Å². The number of nitrogens with one attached hydrogen (secondary N) is 2. The van der Waals surface area contributed by atoms with E-state index >= 15 is 0 Å². The Morgan fingerprint density at radius 1 is 1.00 bits per heavy atom. The Labute approximate surface area is 216 Å². The highest BCUT2D eigenvalue weighted by Crippen LogP contribution is 2.31. The maximum Gasteiger partial charge on any atom is 0.267 e. The molecular weight excluding hydrogens is 472 g/mol. The molecule has 2 aromatic carbocycles. The van der Waals surface area contributed by atoms with Gasteiger partial charge < -0.3 is 25.5 Å². The number of para-hydroxylation sites is 1. The molecule has 0 saturated carbocycles. The zero-order valence-corrected chi connectivity index (χ0v) is 21.5. The lowest BCUT2D eigenvalue weighted by atomic mass is 10.0. The van der Waals surface area contributed by atoms with Crippen LogP contribution in [0.15, 0.2) is 48.5 Å². The SMILES string of the molecule is CC(CNCc1cc2ccccc2[nH]1)C(=O)N(C(=O)c1ccc2c(c1)OCCCO2)C(=O)[C@@H](N)C(C)C. The van der Waals surface area contributed by atoms with Crippen LogP contribution in [0.2, 0.25) is 0 Å². The van der Waals surface area contributed by atoms with Crippen LogP contribution < -0.4 is 20.5 Å². The average molecular weight is 507 g/mol. The van der Waals surface area contributed by atoms with Crippen LogP contribution in [-0.2, 0) is 16.1 Å². The molecule has 9 nitrogen and oxygen atoms in total. The van der Waals surface area contributed by atoms with Crippen molar-refractivity contribution in [1.82, 2.24) is 15.2 Å². The van der Waals surface area contributed by atoms with E-state index in [1.54, 1.807) is 26.8 Å². The first-order valence-corrected chi connectivity index (χ1v) is 12.6. The van der Waals surface area contributed by atoms with Crippen LogP contribution in [0.1, 0.15) is 43.2 Å². The van der Waals surface area contributed by atoms with Crippen molar-refractivity contribution in [2.24, 2.45) is 17.6 Å². The molecule has 4 N–H and O–H groups in total. The zero-order chi connectivity index (χ0) is 26.5. The Bertz CT molecular complexity index is 1250. The van der Waals surface area contributed by atoms with Gasteiger partial charge in [0.15, 0.2) is 11.5 Å². The lowest BCUT2D eigenvalue weighted by Gasteiger charge is -2.27. The number of aromatic nitrogens is 1. The number of nitrogens with zero attached hydrogens (tertiary/aromatic N) is 1. The molecule has 0 aliphatic carbocycles. The minimum absolute atomic E-state index is 0.153. The van der Waals surface area contributed by atoms with Crippen LogP contribution in [0.3, 0.4) is 0 Å². The maximum absolute atomic E-state index is 13.5. The number of benzene rings is 2. The normalized spacial score (nSPS) is 14.7. The molecule has 1 aromatic heterocycles. The molecule has 2 atom stereocenters. The molecule has 0 bridgehead atoms. The van der Waals surface area contributed by atoms with E-state index < -0.39 is 29.7 Å². The second-order valence-corrected chi connectivity index (χ2v) is 9.71. The fourth-order valence-electron chi connectivity index (χ4n) is 4.13. The van der Waals surface area contributed by atoms with Gasteiger partial charge in [-0.3, -0.25) is 14.4 Å². The fourth-order valence-corrected chi connectivity index (χ4v) is 4.13. The molecule has 0 fully saturated rings. The molecule has 1 unspecified atom stereocenters. The van der Waals surface area contributed by atoms with Crippen LogP contribution in [0.4, 0.5) is 0 Å². The summed E-state index contributed by atoms with van der Waals surface area (Å²) in [5, 5.41) is 4.35. The van der Waals surface area contributed by atoms with Crippen LogP contribution in [0.5, 0.6) is 11.5 Å². The molecule has 196 valence electrons. The van der Waals surface area contributed by atoms with Crippen molar-refractivity contribution in [3.63, 3.8) is 0 Å². The standard InChI is InChI=1S/C28H34N4O5/c1-17(2)25(29)28(35)32(27(34)20-9-10-23-24(14-20)37-12-6-11-36-23)26(33)18(3)15-30-16-21-13-19-7-4-5-8-22(19)31-21/h4-5,7-10,13-14,17-18,25,30-31H,6,11-12,15-16,29H2,1-3H3/t18?,25-/m0/s1. The first kappa shape index (κ1) is 26.4. The van der Waals surface area contributed by atoms with E-state index in [2.05, 4.69) is 10.3 Å². The summed E-state index contributed by atoms with van der Waals surface area (Å²) in [7, 11) is 0. The highest BCUT2D eigenvalue weighted by molar-refractivity contribution is 6.18. The van der Waals surface area contributed by atoms with E-state index in [1.807, 2.05) is 30.3 Å². The number of hydrogen-bond donors (Lipinski definition) is 3. The second-order valence-electron chi connectivity index (χ2n) is 9.71. The van der Waals surface area contributed by atoms with Crippen molar-refractivity contribution < 1.29 is 23.9 Å². The number of carbonyl (C=O) groups excluding carboxylic acids is 3. The molecular formula is C28H34N4O5. The molecule has 3 amide bonds. The van der Waals surface area contributed by atoms with E-state index in [0.717, 1.165) is 16.6 Å². The minimum atomic E-state index is -1.00. The van der Waals surface area contributed by atoms with Crippen molar-refractivity contribution in [2.45, 2.75) is 39.8 Å². The smallest absolute Gasteiger partial charge is 0.267 e. The Morgan fingerprint density at radius 3 is 2.46 bits per heavy atom. The van der Waals surface area contributed by atoms with Gasteiger partial charge in [-0.15, -0.1) is 0 Å². The van der Waals surface area contributed by atoms with Crippen LogP contribution in [-0.4, -0.2) is 53.4 Å². The average Bonchev–Trinajstić information content (AvgIpc) is 3.16. The molecule has 4 rings (SSSR count). The molecule has 0 saturated heterocycles. The third-order valence-electron chi connectivity index (χ3n) is 6.42. The number of rotatable bonds is 8. The molecule has 0 radical (unpaired) electrons. The number of fused-ring (bicyclic) bond motifs is 2. The van der Waals surface area contributed by atoms with Gasteiger partial charge in [-0.25, -0.2) is 4.90 Å². The third kappa shape index (κ3) is 6.00. The zero-order valence-electron chi connectivity index (χ0n) is 21.5. The topological polar surface area (TPSA) is 127 Å². The summed E-state index contributed by atoms with van der Waals surface area (Å²) in [5.41, 5.74) is 8.25. The largest absolute Gasteiger partial charge is 0.490 e. The highest BCUT2D eigenvalue weighted by Gasteiger charge is 2.36. The summed E-state index contributed by atoms with van der Waals surface area (Å²) in [6, 6.07) is 13.7.